The third kappa shape index (κ3) is 2.54. The minimum atomic E-state index is -3.97. The minimum absolute atomic E-state index is 0.0532. The molecule has 0 saturated heterocycles. The van der Waals surface area contributed by atoms with Crippen LogP contribution in [-0.2, 0) is 21.9 Å². The maximum atomic E-state index is 12.1. The first kappa shape index (κ1) is 13.4. The lowest BCUT2D eigenvalue weighted by molar-refractivity contribution is -0.139. The molecule has 1 aliphatic carbocycles. The fourth-order valence-electron chi connectivity index (χ4n) is 1.61. The maximum Gasteiger partial charge on any atom is 0.322 e. The summed E-state index contributed by atoms with van der Waals surface area (Å²) in [6.07, 6.45) is 1.43. The molecule has 0 spiro atoms. The Kier molecular flexibility index (Phi) is 3.43. The molecule has 0 radical (unpaired) electrons. The topological polar surface area (TPSA) is 114 Å². The number of aryl methyl sites for hydroxylation is 1. The second-order valence-electron chi connectivity index (χ2n) is 4.08. The Labute approximate surface area is 112 Å². The number of aromatic nitrogens is 3. The summed E-state index contributed by atoms with van der Waals surface area (Å²) in [5.41, 5.74) is 0. The molecule has 0 aromatic carbocycles. The standard InChI is InChI=1S/C8H11BrN4O4S/c1-13-7(6(9)10-12-13)18(16,17)11-5(8(14)15)4-2-3-4/h4-5,11H,2-3H2,1H3,(H,14,15). The van der Waals surface area contributed by atoms with Crippen LogP contribution in [0.15, 0.2) is 9.63 Å². The zero-order valence-electron chi connectivity index (χ0n) is 9.37. The van der Waals surface area contributed by atoms with E-state index in [1.54, 1.807) is 0 Å². The van der Waals surface area contributed by atoms with Crippen molar-refractivity contribution in [1.29, 1.82) is 0 Å². The Morgan fingerprint density at radius 2 is 2.22 bits per heavy atom. The van der Waals surface area contributed by atoms with Crippen molar-refractivity contribution in [1.82, 2.24) is 19.7 Å². The summed E-state index contributed by atoms with van der Waals surface area (Å²) in [6.45, 7) is 0. The number of halogens is 1. The quantitative estimate of drug-likeness (QED) is 0.763. The third-order valence-electron chi connectivity index (χ3n) is 2.63. The number of carboxylic acid groups (broad SMARTS) is 1. The van der Waals surface area contributed by atoms with Gasteiger partial charge in [0.25, 0.3) is 10.0 Å². The van der Waals surface area contributed by atoms with Crippen molar-refractivity contribution >= 4 is 31.9 Å². The number of sulfonamides is 1. The zero-order chi connectivity index (χ0) is 13.5. The lowest BCUT2D eigenvalue weighted by Crippen LogP contribution is -2.42. The molecule has 1 saturated carbocycles. The fourth-order valence-corrected chi connectivity index (χ4v) is 3.96. The number of rotatable bonds is 5. The van der Waals surface area contributed by atoms with Crippen LogP contribution in [0.25, 0.3) is 0 Å². The number of hydrogen-bond acceptors (Lipinski definition) is 5. The molecular weight excluding hydrogens is 328 g/mol. The summed E-state index contributed by atoms with van der Waals surface area (Å²) in [4.78, 5) is 11.0. The SMILES string of the molecule is Cn1nnc(Br)c1S(=O)(=O)NC(C(=O)O)C1CC1. The summed E-state index contributed by atoms with van der Waals surface area (Å²) in [5, 5.41) is 15.9. The number of nitrogens with one attached hydrogen (secondary N) is 1. The monoisotopic (exact) mass is 338 g/mol. The molecule has 1 heterocycles. The zero-order valence-corrected chi connectivity index (χ0v) is 11.8. The minimum Gasteiger partial charge on any atom is -0.480 e. The lowest BCUT2D eigenvalue weighted by Gasteiger charge is -2.13. The molecule has 1 unspecified atom stereocenters. The van der Waals surface area contributed by atoms with Crippen molar-refractivity contribution in [2.45, 2.75) is 23.9 Å². The second kappa shape index (κ2) is 4.59. The first-order valence-corrected chi connectivity index (χ1v) is 7.41. The highest BCUT2D eigenvalue weighted by molar-refractivity contribution is 9.10. The predicted molar refractivity (Wildman–Crippen MR) is 63.2 cm³/mol. The highest BCUT2D eigenvalue weighted by Gasteiger charge is 2.40. The first-order valence-electron chi connectivity index (χ1n) is 5.13. The molecule has 2 N–H and O–H groups in total. The van der Waals surface area contributed by atoms with Crippen LogP contribution in [0.3, 0.4) is 0 Å². The van der Waals surface area contributed by atoms with Gasteiger partial charge in [0, 0.05) is 7.05 Å². The Bertz CT molecular complexity index is 560. The van der Waals surface area contributed by atoms with E-state index in [-0.39, 0.29) is 15.5 Å². The van der Waals surface area contributed by atoms with E-state index in [0.717, 1.165) is 4.68 Å². The van der Waals surface area contributed by atoms with E-state index >= 15 is 0 Å². The van der Waals surface area contributed by atoms with Crippen LogP contribution in [0.2, 0.25) is 0 Å². The first-order chi connectivity index (χ1) is 8.33. The van der Waals surface area contributed by atoms with Crippen LogP contribution in [0.5, 0.6) is 0 Å². The summed E-state index contributed by atoms with van der Waals surface area (Å²) >= 11 is 2.97. The fraction of sp³-hybridized carbons (Fsp3) is 0.625. The van der Waals surface area contributed by atoms with Crippen LogP contribution < -0.4 is 4.72 Å². The van der Waals surface area contributed by atoms with Crippen LogP contribution >= 0.6 is 15.9 Å². The van der Waals surface area contributed by atoms with Gasteiger partial charge < -0.3 is 5.11 Å². The van der Waals surface area contributed by atoms with Crippen molar-refractivity contribution in [3.63, 3.8) is 0 Å². The molecule has 10 heteroatoms. The second-order valence-corrected chi connectivity index (χ2v) is 6.46. The summed E-state index contributed by atoms with van der Waals surface area (Å²) < 4.78 is 27.5. The number of aliphatic carboxylic acids is 1. The van der Waals surface area contributed by atoms with Gasteiger partial charge in [0.2, 0.25) is 5.03 Å². The number of nitrogens with zero attached hydrogens (tertiary/aromatic N) is 3. The van der Waals surface area contributed by atoms with Crippen molar-refractivity contribution in [3.8, 4) is 0 Å². The Morgan fingerprint density at radius 3 is 2.61 bits per heavy atom. The molecule has 0 aliphatic heterocycles. The number of carboxylic acids is 1. The largest absolute Gasteiger partial charge is 0.480 e. The van der Waals surface area contributed by atoms with E-state index in [4.69, 9.17) is 5.11 Å². The van der Waals surface area contributed by atoms with Gasteiger partial charge >= 0.3 is 5.97 Å². The Morgan fingerprint density at radius 1 is 1.61 bits per heavy atom. The molecule has 18 heavy (non-hydrogen) atoms. The Balaban J connectivity index is 2.29. The van der Waals surface area contributed by atoms with Gasteiger partial charge in [0.15, 0.2) is 4.60 Å². The average Bonchev–Trinajstić information content (AvgIpc) is 3.01. The van der Waals surface area contributed by atoms with Crippen molar-refractivity contribution in [3.05, 3.63) is 4.60 Å². The van der Waals surface area contributed by atoms with Gasteiger partial charge in [-0.1, -0.05) is 5.21 Å². The molecule has 1 atom stereocenters. The van der Waals surface area contributed by atoms with Gasteiger partial charge in [0.05, 0.1) is 0 Å². The maximum absolute atomic E-state index is 12.1. The molecule has 100 valence electrons. The summed E-state index contributed by atoms with van der Waals surface area (Å²) in [7, 11) is -2.55. The van der Waals surface area contributed by atoms with Gasteiger partial charge in [-0.3, -0.25) is 4.79 Å². The van der Waals surface area contributed by atoms with Crippen LogP contribution in [0.1, 0.15) is 12.8 Å². The van der Waals surface area contributed by atoms with E-state index < -0.39 is 22.0 Å². The van der Waals surface area contributed by atoms with Gasteiger partial charge in [-0.2, -0.15) is 4.72 Å². The molecule has 0 bridgehead atoms. The third-order valence-corrected chi connectivity index (χ3v) is 4.96. The van der Waals surface area contributed by atoms with Gasteiger partial charge in [-0.05, 0) is 34.7 Å². The van der Waals surface area contributed by atoms with Crippen LogP contribution in [0.4, 0.5) is 0 Å². The van der Waals surface area contributed by atoms with Gasteiger partial charge in [-0.15, -0.1) is 5.10 Å². The van der Waals surface area contributed by atoms with Crippen LogP contribution in [0, 0.1) is 5.92 Å². The predicted octanol–water partition coefficient (Wildman–Crippen LogP) is -0.281. The van der Waals surface area contributed by atoms with E-state index in [9.17, 15) is 13.2 Å². The van der Waals surface area contributed by atoms with E-state index in [1.165, 1.54) is 7.05 Å². The smallest absolute Gasteiger partial charge is 0.322 e. The van der Waals surface area contributed by atoms with Crippen molar-refractivity contribution in [2.24, 2.45) is 13.0 Å². The number of carbonyl (C=O) groups is 1. The van der Waals surface area contributed by atoms with E-state index in [0.29, 0.717) is 12.8 Å². The van der Waals surface area contributed by atoms with Gasteiger partial charge in [0.1, 0.15) is 6.04 Å². The molecule has 1 fully saturated rings. The molecule has 2 rings (SSSR count). The van der Waals surface area contributed by atoms with E-state index in [2.05, 4.69) is 31.0 Å². The van der Waals surface area contributed by atoms with Gasteiger partial charge in [-0.25, -0.2) is 13.1 Å². The molecule has 1 aromatic rings. The van der Waals surface area contributed by atoms with Crippen molar-refractivity contribution < 1.29 is 18.3 Å². The molecule has 8 nitrogen and oxygen atoms in total. The van der Waals surface area contributed by atoms with E-state index in [1.807, 2.05) is 0 Å². The summed E-state index contributed by atoms with van der Waals surface area (Å²) in [6, 6.07) is -1.10. The van der Waals surface area contributed by atoms with Crippen LogP contribution in [-0.4, -0.2) is 40.5 Å². The summed E-state index contributed by atoms with van der Waals surface area (Å²) in [5.74, 6) is -1.32. The number of hydrogen-bond donors (Lipinski definition) is 2. The Hall–Kier alpha value is -1.00. The molecule has 1 aliphatic rings. The normalized spacial score (nSPS) is 17.7. The molecular formula is C8H11BrN4O4S. The van der Waals surface area contributed by atoms with Crippen molar-refractivity contribution in [2.75, 3.05) is 0 Å². The highest BCUT2D eigenvalue weighted by atomic mass is 79.9. The molecule has 0 amide bonds. The molecule has 1 aromatic heterocycles. The highest BCUT2D eigenvalue weighted by Crippen LogP contribution is 2.33. The average molecular weight is 339 g/mol. The lowest BCUT2D eigenvalue weighted by atomic mass is 10.2.